The van der Waals surface area contributed by atoms with E-state index in [0.717, 1.165) is 31.0 Å². The van der Waals surface area contributed by atoms with Gasteiger partial charge in [0.2, 0.25) is 0 Å². The minimum atomic E-state index is -0.304. The van der Waals surface area contributed by atoms with E-state index in [9.17, 15) is 0 Å². The molecular formula is C10H13ClN2O. The molecule has 0 amide bonds. The molecule has 76 valence electrons. The van der Waals surface area contributed by atoms with Crippen molar-refractivity contribution in [3.05, 3.63) is 23.8 Å². The van der Waals surface area contributed by atoms with Crippen molar-refractivity contribution in [2.75, 3.05) is 6.61 Å². The molecule has 4 heteroatoms. The van der Waals surface area contributed by atoms with Gasteiger partial charge in [0.15, 0.2) is 5.82 Å². The molecule has 3 nitrogen and oxygen atoms in total. The maximum absolute atomic E-state index is 5.72. The Kier molecular flexibility index (Phi) is 2.70. The van der Waals surface area contributed by atoms with Gasteiger partial charge in [0.1, 0.15) is 5.60 Å². The second kappa shape index (κ2) is 3.83. The van der Waals surface area contributed by atoms with Gasteiger partial charge in [0.05, 0.1) is 11.6 Å². The third-order valence-electron chi connectivity index (χ3n) is 2.54. The molecule has 0 N–H and O–H groups in total. The molecule has 1 aliphatic rings. The summed E-state index contributed by atoms with van der Waals surface area (Å²) in [5.41, 5.74) is 0.551. The van der Waals surface area contributed by atoms with Crippen LogP contribution in [0.1, 0.15) is 31.3 Å². The molecule has 1 fully saturated rings. The van der Waals surface area contributed by atoms with Crippen LogP contribution in [0.3, 0.4) is 0 Å². The summed E-state index contributed by atoms with van der Waals surface area (Å²) in [4.78, 5) is 8.62. The number of rotatable bonds is 2. The smallest absolute Gasteiger partial charge is 0.160 e. The third-order valence-corrected chi connectivity index (χ3v) is 2.82. The van der Waals surface area contributed by atoms with E-state index in [1.54, 1.807) is 6.20 Å². The van der Waals surface area contributed by atoms with Crippen LogP contribution >= 0.6 is 11.6 Å². The normalized spacial score (nSPS) is 26.7. The molecule has 1 aliphatic heterocycles. The Hall–Kier alpha value is -0.670. The number of aromatic nitrogens is 2. The van der Waals surface area contributed by atoms with E-state index in [2.05, 4.69) is 9.97 Å². The average molecular weight is 213 g/mol. The van der Waals surface area contributed by atoms with Crippen LogP contribution in [0.4, 0.5) is 0 Å². The molecule has 1 aromatic rings. The van der Waals surface area contributed by atoms with Gasteiger partial charge >= 0.3 is 0 Å². The van der Waals surface area contributed by atoms with Crippen molar-refractivity contribution in [2.45, 2.75) is 31.2 Å². The maximum Gasteiger partial charge on any atom is 0.160 e. The van der Waals surface area contributed by atoms with Crippen molar-refractivity contribution in [2.24, 2.45) is 0 Å². The first-order valence-electron chi connectivity index (χ1n) is 4.77. The van der Waals surface area contributed by atoms with E-state index in [1.807, 2.05) is 13.0 Å². The van der Waals surface area contributed by atoms with Crippen LogP contribution < -0.4 is 0 Å². The van der Waals surface area contributed by atoms with Crippen LogP contribution in [-0.2, 0) is 16.2 Å². The lowest BCUT2D eigenvalue weighted by atomic mass is 10.0. The fourth-order valence-electron chi connectivity index (χ4n) is 1.68. The summed E-state index contributed by atoms with van der Waals surface area (Å²) in [5.74, 6) is 1.18. The van der Waals surface area contributed by atoms with Crippen LogP contribution in [-0.4, -0.2) is 16.6 Å². The number of halogens is 1. The highest BCUT2D eigenvalue weighted by atomic mass is 35.5. The Balaban J connectivity index is 2.30. The Morgan fingerprint density at radius 2 is 2.50 bits per heavy atom. The zero-order valence-electron chi connectivity index (χ0n) is 8.16. The van der Waals surface area contributed by atoms with Gasteiger partial charge in [-0.3, -0.25) is 0 Å². The predicted molar refractivity (Wildman–Crippen MR) is 54.1 cm³/mol. The zero-order chi connectivity index (χ0) is 10.0. The third kappa shape index (κ3) is 1.74. The highest BCUT2D eigenvalue weighted by Gasteiger charge is 2.34. The van der Waals surface area contributed by atoms with Crippen molar-refractivity contribution >= 4 is 11.6 Å². The molecule has 2 rings (SSSR count). The Morgan fingerprint density at radius 1 is 1.64 bits per heavy atom. The van der Waals surface area contributed by atoms with E-state index in [1.165, 1.54) is 0 Å². The van der Waals surface area contributed by atoms with Gasteiger partial charge in [-0.2, -0.15) is 0 Å². The topological polar surface area (TPSA) is 35.0 Å². The van der Waals surface area contributed by atoms with Gasteiger partial charge in [-0.15, -0.1) is 11.6 Å². The number of hydrogen-bond acceptors (Lipinski definition) is 3. The van der Waals surface area contributed by atoms with Crippen LogP contribution in [0.25, 0.3) is 0 Å². The maximum atomic E-state index is 5.72. The molecule has 2 heterocycles. The molecule has 0 aromatic carbocycles. The first-order chi connectivity index (χ1) is 6.74. The van der Waals surface area contributed by atoms with E-state index >= 15 is 0 Å². The second-order valence-corrected chi connectivity index (χ2v) is 3.96. The first-order valence-corrected chi connectivity index (χ1v) is 5.30. The van der Waals surface area contributed by atoms with Crippen molar-refractivity contribution < 1.29 is 4.74 Å². The van der Waals surface area contributed by atoms with Crippen molar-refractivity contribution in [1.82, 2.24) is 9.97 Å². The molecule has 1 saturated heterocycles. The lowest BCUT2D eigenvalue weighted by Crippen LogP contribution is -2.23. The van der Waals surface area contributed by atoms with E-state index in [-0.39, 0.29) is 5.60 Å². The van der Waals surface area contributed by atoms with E-state index in [4.69, 9.17) is 16.3 Å². The first kappa shape index (κ1) is 9.87. The fraction of sp³-hybridized carbons (Fsp3) is 0.600. The van der Waals surface area contributed by atoms with Gasteiger partial charge < -0.3 is 4.74 Å². The summed E-state index contributed by atoms with van der Waals surface area (Å²) < 4.78 is 5.66. The van der Waals surface area contributed by atoms with Gasteiger partial charge in [-0.25, -0.2) is 9.97 Å². The lowest BCUT2D eigenvalue weighted by Gasteiger charge is -2.21. The lowest BCUT2D eigenvalue weighted by molar-refractivity contribution is 0.00918. The number of alkyl halides is 1. The summed E-state index contributed by atoms with van der Waals surface area (Å²) in [6.07, 6.45) is 3.80. The Bertz CT molecular complexity index is 324. The summed E-state index contributed by atoms with van der Waals surface area (Å²) in [7, 11) is 0. The van der Waals surface area contributed by atoms with Crippen molar-refractivity contribution in [3.8, 4) is 0 Å². The summed E-state index contributed by atoms with van der Waals surface area (Å²) >= 11 is 5.72. The number of ether oxygens (including phenoxy) is 1. The number of hydrogen-bond donors (Lipinski definition) is 0. The van der Waals surface area contributed by atoms with Crippen LogP contribution in [0.2, 0.25) is 0 Å². The molecule has 1 aromatic heterocycles. The standard InChI is InChI=1S/C10H13ClN2O/c1-10(4-2-6-14-10)9-12-5-3-8(7-11)13-9/h3,5H,2,4,6-7H2,1H3. The van der Waals surface area contributed by atoms with Gasteiger partial charge in [-0.05, 0) is 25.8 Å². The second-order valence-electron chi connectivity index (χ2n) is 3.69. The SMILES string of the molecule is CC1(c2nccc(CCl)n2)CCCO1. The quantitative estimate of drug-likeness (QED) is 0.706. The van der Waals surface area contributed by atoms with E-state index in [0.29, 0.717) is 5.88 Å². The van der Waals surface area contributed by atoms with Gasteiger partial charge in [0.25, 0.3) is 0 Å². The molecule has 14 heavy (non-hydrogen) atoms. The monoisotopic (exact) mass is 212 g/mol. The molecule has 0 bridgehead atoms. The molecule has 1 unspecified atom stereocenters. The summed E-state index contributed by atoms with van der Waals surface area (Å²) in [5, 5.41) is 0. The molecule has 0 aliphatic carbocycles. The Morgan fingerprint density at radius 3 is 3.14 bits per heavy atom. The highest BCUT2D eigenvalue weighted by Crippen LogP contribution is 2.33. The summed E-state index contributed by atoms with van der Waals surface area (Å²) in [6.45, 7) is 2.83. The molecule has 0 spiro atoms. The fourth-order valence-corrected chi connectivity index (χ4v) is 1.83. The van der Waals surface area contributed by atoms with Crippen LogP contribution in [0.5, 0.6) is 0 Å². The van der Waals surface area contributed by atoms with Gasteiger partial charge in [0, 0.05) is 12.8 Å². The van der Waals surface area contributed by atoms with Crippen LogP contribution in [0.15, 0.2) is 12.3 Å². The predicted octanol–water partition coefficient (Wildman–Crippen LogP) is 2.24. The highest BCUT2D eigenvalue weighted by molar-refractivity contribution is 6.16. The van der Waals surface area contributed by atoms with E-state index < -0.39 is 0 Å². The minimum absolute atomic E-state index is 0.304. The van der Waals surface area contributed by atoms with Crippen molar-refractivity contribution in [1.29, 1.82) is 0 Å². The Labute approximate surface area is 88.5 Å². The molecule has 0 radical (unpaired) electrons. The molecule has 0 saturated carbocycles. The zero-order valence-corrected chi connectivity index (χ0v) is 8.92. The molecular weight excluding hydrogens is 200 g/mol. The van der Waals surface area contributed by atoms with Crippen molar-refractivity contribution in [3.63, 3.8) is 0 Å². The minimum Gasteiger partial charge on any atom is -0.367 e. The average Bonchev–Trinajstić information content (AvgIpc) is 2.67. The molecule has 1 atom stereocenters. The largest absolute Gasteiger partial charge is 0.367 e. The van der Waals surface area contributed by atoms with Gasteiger partial charge in [-0.1, -0.05) is 0 Å². The van der Waals surface area contributed by atoms with Crippen LogP contribution in [0, 0.1) is 0 Å². The summed E-state index contributed by atoms with van der Waals surface area (Å²) in [6, 6.07) is 1.83. The number of nitrogens with zero attached hydrogens (tertiary/aromatic N) is 2.